The summed E-state index contributed by atoms with van der Waals surface area (Å²) in [6, 6.07) is 7.82. The van der Waals surface area contributed by atoms with Gasteiger partial charge in [0.1, 0.15) is 11.4 Å². The molecule has 2 atom stereocenters. The number of nitrogens with zero attached hydrogens (tertiary/aromatic N) is 3. The standard InChI is InChI=1S/C20H21N3O/c24-19-4-3-17-16(2-1-5-21-17)20(19)22-11-18-14-7-12-6-13(8-14)10-15(9-12)23-18/h1-5,11-15,24H,6-10H2. The van der Waals surface area contributed by atoms with Crippen LogP contribution in [0.1, 0.15) is 32.1 Å². The molecule has 4 aliphatic rings. The topological polar surface area (TPSA) is 57.8 Å². The molecule has 1 aromatic carbocycles. The highest BCUT2D eigenvalue weighted by molar-refractivity contribution is 6.32. The Labute approximate surface area is 141 Å². The second-order valence-corrected chi connectivity index (χ2v) is 7.58. The third kappa shape index (κ3) is 2.32. The number of pyridine rings is 1. The molecule has 24 heavy (non-hydrogen) atoms. The summed E-state index contributed by atoms with van der Waals surface area (Å²) in [7, 11) is 0. The van der Waals surface area contributed by atoms with Crippen LogP contribution >= 0.6 is 0 Å². The number of aliphatic imine (C=N–C) groups is 2. The van der Waals surface area contributed by atoms with E-state index in [1.165, 1.54) is 32.1 Å². The molecule has 2 saturated carbocycles. The fraction of sp³-hybridized carbons (Fsp3) is 0.450. The van der Waals surface area contributed by atoms with E-state index in [1.54, 1.807) is 12.3 Å². The van der Waals surface area contributed by atoms with E-state index in [0.717, 1.165) is 28.5 Å². The van der Waals surface area contributed by atoms with Gasteiger partial charge in [-0.3, -0.25) is 15.0 Å². The second-order valence-electron chi connectivity index (χ2n) is 7.58. The monoisotopic (exact) mass is 319 g/mol. The number of hydrogen-bond donors (Lipinski definition) is 1. The highest BCUT2D eigenvalue weighted by Gasteiger charge is 2.40. The lowest BCUT2D eigenvalue weighted by atomic mass is 9.67. The van der Waals surface area contributed by atoms with Crippen molar-refractivity contribution in [2.24, 2.45) is 27.7 Å². The van der Waals surface area contributed by atoms with Gasteiger partial charge < -0.3 is 5.11 Å². The number of aromatic nitrogens is 1. The van der Waals surface area contributed by atoms with Crippen molar-refractivity contribution in [3.63, 3.8) is 0 Å². The molecule has 1 N–H and O–H groups in total. The van der Waals surface area contributed by atoms with E-state index in [1.807, 2.05) is 24.4 Å². The lowest BCUT2D eigenvalue weighted by molar-refractivity contribution is 0.162. The van der Waals surface area contributed by atoms with Crippen molar-refractivity contribution in [1.29, 1.82) is 0 Å². The summed E-state index contributed by atoms with van der Waals surface area (Å²) < 4.78 is 0. The molecule has 0 saturated heterocycles. The van der Waals surface area contributed by atoms with Crippen molar-refractivity contribution in [1.82, 2.24) is 4.98 Å². The molecule has 2 fully saturated rings. The summed E-state index contributed by atoms with van der Waals surface area (Å²) in [6.07, 6.45) is 10.1. The van der Waals surface area contributed by atoms with Crippen molar-refractivity contribution < 1.29 is 5.11 Å². The summed E-state index contributed by atoms with van der Waals surface area (Å²) in [6.45, 7) is 0. The van der Waals surface area contributed by atoms with Gasteiger partial charge >= 0.3 is 0 Å². The Hall–Kier alpha value is -2.23. The first-order valence-electron chi connectivity index (χ1n) is 8.94. The number of benzene rings is 1. The van der Waals surface area contributed by atoms with E-state index in [9.17, 15) is 5.11 Å². The van der Waals surface area contributed by atoms with Crippen LogP contribution in [0, 0.1) is 17.8 Å². The maximum atomic E-state index is 10.2. The van der Waals surface area contributed by atoms with Gasteiger partial charge in [0.25, 0.3) is 0 Å². The molecule has 2 aromatic rings. The minimum Gasteiger partial charge on any atom is -0.506 e. The normalized spacial score (nSPS) is 31.6. The van der Waals surface area contributed by atoms with E-state index < -0.39 is 0 Å². The van der Waals surface area contributed by atoms with Crippen molar-refractivity contribution in [2.75, 3.05) is 0 Å². The lowest BCUT2D eigenvalue weighted by Gasteiger charge is -2.37. The Morgan fingerprint density at radius 1 is 1.04 bits per heavy atom. The molecule has 122 valence electrons. The molecule has 3 heterocycles. The zero-order chi connectivity index (χ0) is 16.1. The van der Waals surface area contributed by atoms with E-state index in [2.05, 4.69) is 9.98 Å². The Morgan fingerprint density at radius 3 is 2.71 bits per heavy atom. The molecule has 0 radical (unpaired) electrons. The van der Waals surface area contributed by atoms with Crippen LogP contribution in [0.4, 0.5) is 5.69 Å². The molecular formula is C20H21N3O. The molecule has 2 aliphatic heterocycles. The predicted octanol–water partition coefficient (Wildman–Crippen LogP) is 4.29. The van der Waals surface area contributed by atoms with E-state index in [4.69, 9.17) is 4.99 Å². The smallest absolute Gasteiger partial charge is 0.141 e. The Balaban J connectivity index is 1.53. The largest absolute Gasteiger partial charge is 0.506 e. The first-order chi connectivity index (χ1) is 11.8. The molecule has 2 aliphatic carbocycles. The Morgan fingerprint density at radius 2 is 1.88 bits per heavy atom. The van der Waals surface area contributed by atoms with E-state index >= 15 is 0 Å². The minimum atomic E-state index is 0.201. The van der Waals surface area contributed by atoms with Crippen LogP contribution in [-0.2, 0) is 0 Å². The van der Waals surface area contributed by atoms with Crippen LogP contribution in [0.15, 0.2) is 40.4 Å². The van der Waals surface area contributed by atoms with Crippen molar-refractivity contribution in [3.8, 4) is 5.75 Å². The second kappa shape index (κ2) is 5.40. The van der Waals surface area contributed by atoms with Crippen LogP contribution in [0.2, 0.25) is 0 Å². The van der Waals surface area contributed by atoms with Crippen molar-refractivity contribution in [2.45, 2.75) is 38.1 Å². The van der Waals surface area contributed by atoms with Crippen LogP contribution in [-0.4, -0.2) is 28.1 Å². The Bertz CT molecular complexity index is 843. The SMILES string of the molecule is Oc1ccc2ncccc2c1N=CC1=NC2CC3CC(C2)CC1C3. The third-order valence-corrected chi connectivity index (χ3v) is 5.92. The zero-order valence-electron chi connectivity index (χ0n) is 13.6. The van der Waals surface area contributed by atoms with E-state index in [-0.39, 0.29) is 5.75 Å². The van der Waals surface area contributed by atoms with Gasteiger partial charge in [-0.25, -0.2) is 0 Å². The first-order valence-corrected chi connectivity index (χ1v) is 8.94. The highest BCUT2D eigenvalue weighted by Crippen LogP contribution is 2.46. The molecule has 1 aromatic heterocycles. The number of phenolic OH excluding ortho intramolecular Hbond substituents is 1. The fourth-order valence-corrected chi connectivity index (χ4v) is 5.01. The van der Waals surface area contributed by atoms with Crippen LogP contribution < -0.4 is 0 Å². The first kappa shape index (κ1) is 14.1. The molecule has 2 unspecified atom stereocenters. The summed E-state index contributed by atoms with van der Waals surface area (Å²) >= 11 is 0. The van der Waals surface area contributed by atoms with Crippen molar-refractivity contribution in [3.05, 3.63) is 30.5 Å². The quantitative estimate of drug-likeness (QED) is 0.839. The average Bonchev–Trinajstić information content (AvgIpc) is 2.77. The van der Waals surface area contributed by atoms with Gasteiger partial charge in [0.05, 0.1) is 17.3 Å². The maximum Gasteiger partial charge on any atom is 0.141 e. The van der Waals surface area contributed by atoms with Crippen LogP contribution in [0.5, 0.6) is 5.75 Å². The lowest BCUT2D eigenvalue weighted by Crippen LogP contribution is -2.31. The number of aromatic hydroxyl groups is 1. The zero-order valence-corrected chi connectivity index (χ0v) is 13.6. The fourth-order valence-electron chi connectivity index (χ4n) is 5.01. The summed E-state index contributed by atoms with van der Waals surface area (Å²) in [5, 5.41) is 11.1. The van der Waals surface area contributed by atoms with Crippen LogP contribution in [0.3, 0.4) is 0 Å². The summed E-state index contributed by atoms with van der Waals surface area (Å²) in [4.78, 5) is 14.0. The van der Waals surface area contributed by atoms with Crippen LogP contribution in [0.25, 0.3) is 10.9 Å². The minimum absolute atomic E-state index is 0.201. The van der Waals surface area contributed by atoms with Gasteiger partial charge in [0, 0.05) is 23.7 Å². The molecule has 4 bridgehead atoms. The van der Waals surface area contributed by atoms with Crippen molar-refractivity contribution >= 4 is 28.5 Å². The van der Waals surface area contributed by atoms with Gasteiger partial charge in [-0.05, 0) is 68.2 Å². The molecular weight excluding hydrogens is 298 g/mol. The average molecular weight is 319 g/mol. The van der Waals surface area contributed by atoms with Gasteiger partial charge in [-0.2, -0.15) is 0 Å². The number of fused-ring (bicyclic) bond motifs is 1. The third-order valence-electron chi connectivity index (χ3n) is 5.92. The van der Waals surface area contributed by atoms with Gasteiger partial charge in [0.2, 0.25) is 0 Å². The molecule has 0 amide bonds. The molecule has 0 spiro atoms. The predicted molar refractivity (Wildman–Crippen MR) is 96.3 cm³/mol. The molecule has 4 nitrogen and oxygen atoms in total. The number of hydrogen-bond acceptors (Lipinski definition) is 4. The maximum absolute atomic E-state index is 10.2. The summed E-state index contributed by atoms with van der Waals surface area (Å²) in [5.41, 5.74) is 2.60. The number of rotatable bonds is 2. The van der Waals surface area contributed by atoms with Gasteiger partial charge in [0.15, 0.2) is 0 Å². The van der Waals surface area contributed by atoms with Gasteiger partial charge in [-0.15, -0.1) is 0 Å². The highest BCUT2D eigenvalue weighted by atomic mass is 16.3. The Kier molecular flexibility index (Phi) is 3.18. The molecule has 6 rings (SSSR count). The van der Waals surface area contributed by atoms with E-state index in [0.29, 0.717) is 17.6 Å². The summed E-state index contributed by atoms with van der Waals surface area (Å²) in [5.74, 6) is 2.47. The molecule has 4 heteroatoms. The van der Waals surface area contributed by atoms with Gasteiger partial charge in [-0.1, -0.05) is 0 Å². The number of phenols is 1.